The van der Waals surface area contributed by atoms with E-state index in [1.807, 2.05) is 78.9 Å². The average molecular weight is 907 g/mol. The number of fused-ring (bicyclic) bond motifs is 4. The molecule has 0 fully saturated rings. The summed E-state index contributed by atoms with van der Waals surface area (Å²) in [6.45, 7) is 2.02. The number of hydrogen-bond donors (Lipinski definition) is 1. The molecule has 0 bridgehead atoms. The van der Waals surface area contributed by atoms with Gasteiger partial charge < -0.3 is 9.52 Å². The molecule has 0 unspecified atom stereocenters. The molecule has 0 aliphatic heterocycles. The molecule has 0 atom stereocenters. The van der Waals surface area contributed by atoms with Gasteiger partial charge in [0.1, 0.15) is 17.3 Å². The van der Waals surface area contributed by atoms with Crippen LogP contribution in [0.5, 0.6) is 5.75 Å². The number of pyridine rings is 2. The van der Waals surface area contributed by atoms with Gasteiger partial charge in [-0.2, -0.15) is 0 Å². The number of rotatable bonds is 6. The number of nitrogens with zero attached hydrogens (tertiary/aromatic N) is 2. The molecule has 6 heteroatoms. The number of aryl methyl sites for hydroxylation is 1. The van der Waals surface area contributed by atoms with Crippen molar-refractivity contribution in [2.75, 3.05) is 0 Å². The summed E-state index contributed by atoms with van der Waals surface area (Å²) in [4.78, 5) is 10.0. The van der Waals surface area contributed by atoms with Crippen LogP contribution in [0.4, 0.5) is 0 Å². The number of aromatic hydroxyl groups is 1. The quantitative estimate of drug-likeness (QED) is 0.169. The van der Waals surface area contributed by atoms with Gasteiger partial charge in [0.2, 0.25) is 0 Å². The van der Waals surface area contributed by atoms with Gasteiger partial charge in [-0.15, -0.1) is 35.6 Å². The molecule has 266 valence electrons. The monoisotopic (exact) mass is 906 g/mol. The third kappa shape index (κ3) is 6.36. The van der Waals surface area contributed by atoms with E-state index in [1.54, 1.807) is 6.07 Å². The molecule has 4 heterocycles. The fraction of sp³-hybridized carbons (Fsp3) is 0.0204. The van der Waals surface area contributed by atoms with Gasteiger partial charge in [-0.1, -0.05) is 120 Å². The van der Waals surface area contributed by atoms with Crippen LogP contribution in [0.1, 0.15) is 5.69 Å². The second-order valence-corrected chi connectivity index (χ2v) is 14.6. The zero-order chi connectivity index (χ0) is 36.2. The Labute approximate surface area is 336 Å². The topological polar surface area (TPSA) is 59.2 Å². The van der Waals surface area contributed by atoms with Crippen molar-refractivity contribution in [3.8, 4) is 73.3 Å². The predicted molar refractivity (Wildman–Crippen MR) is 223 cm³/mol. The summed E-state index contributed by atoms with van der Waals surface area (Å²) in [5, 5.41) is 15.4. The average Bonchev–Trinajstić information content (AvgIpc) is 3.80. The predicted octanol–water partition coefficient (Wildman–Crippen LogP) is 13.4. The molecular formula is C49H31N2O2PtS-. The molecule has 0 saturated carbocycles. The standard InChI is InChI=1S/C49H31N2O2S.Pt/c1-30-24-36(49-40-18-6-5-17-39(40)48(53-49)34-22-23-38-37-16-8-10-21-46(37)54-47(38)29-34)28-42(50-30)32-14-11-15-33(25-32)43-26-35(31-12-3-2-4-13-31)27-44(51-43)41-19-7-9-20-45(41)52;/h2-24,26-29,52H,1H3;/q-1;. The normalized spacial score (nSPS) is 11.3. The van der Waals surface area contributed by atoms with Gasteiger partial charge in [0, 0.05) is 85.8 Å². The van der Waals surface area contributed by atoms with Gasteiger partial charge in [0.25, 0.3) is 0 Å². The second kappa shape index (κ2) is 14.3. The number of benzene rings is 6. The van der Waals surface area contributed by atoms with Crippen LogP contribution in [-0.4, -0.2) is 15.1 Å². The van der Waals surface area contributed by atoms with Crippen molar-refractivity contribution in [2.24, 2.45) is 0 Å². The molecule has 4 aromatic heterocycles. The van der Waals surface area contributed by atoms with Crippen LogP contribution in [0.25, 0.3) is 98.5 Å². The van der Waals surface area contributed by atoms with Crippen molar-refractivity contribution >= 4 is 42.3 Å². The van der Waals surface area contributed by atoms with Crippen LogP contribution in [0.2, 0.25) is 0 Å². The molecule has 55 heavy (non-hydrogen) atoms. The minimum atomic E-state index is 0. The van der Waals surface area contributed by atoms with Crippen LogP contribution in [-0.2, 0) is 21.1 Å². The molecule has 0 saturated heterocycles. The Kier molecular flexibility index (Phi) is 8.98. The smallest absolute Gasteiger partial charge is 0.142 e. The van der Waals surface area contributed by atoms with Gasteiger partial charge in [-0.05, 0) is 54.4 Å². The number of phenolic OH excluding ortho intramolecular Hbond substituents is 1. The summed E-state index contributed by atoms with van der Waals surface area (Å²) < 4.78 is 9.38. The summed E-state index contributed by atoms with van der Waals surface area (Å²) in [5.41, 5.74) is 9.52. The summed E-state index contributed by atoms with van der Waals surface area (Å²) in [6.07, 6.45) is 0. The molecular weight excluding hydrogens is 876 g/mol. The van der Waals surface area contributed by atoms with Crippen LogP contribution in [0, 0.1) is 13.0 Å². The van der Waals surface area contributed by atoms with E-state index < -0.39 is 0 Å². The van der Waals surface area contributed by atoms with Crippen molar-refractivity contribution in [3.05, 3.63) is 176 Å². The number of hydrogen-bond acceptors (Lipinski definition) is 5. The molecule has 10 rings (SSSR count). The zero-order valence-corrected chi connectivity index (χ0v) is 32.7. The number of phenols is 1. The molecule has 10 aromatic rings. The third-order valence-corrected chi connectivity index (χ3v) is 11.1. The van der Waals surface area contributed by atoms with E-state index in [0.29, 0.717) is 11.3 Å². The second-order valence-electron chi connectivity index (χ2n) is 13.5. The van der Waals surface area contributed by atoms with E-state index >= 15 is 0 Å². The first kappa shape index (κ1) is 34.6. The Morgan fingerprint density at radius 1 is 0.491 bits per heavy atom. The van der Waals surface area contributed by atoms with Crippen molar-refractivity contribution in [1.29, 1.82) is 0 Å². The summed E-state index contributed by atoms with van der Waals surface area (Å²) in [7, 11) is 0. The van der Waals surface area contributed by atoms with E-state index in [2.05, 4.69) is 103 Å². The van der Waals surface area contributed by atoms with E-state index in [1.165, 1.54) is 20.2 Å². The van der Waals surface area contributed by atoms with Crippen molar-refractivity contribution < 1.29 is 30.6 Å². The Morgan fingerprint density at radius 3 is 1.89 bits per heavy atom. The Balaban J connectivity index is 0.00000397. The molecule has 0 amide bonds. The van der Waals surface area contributed by atoms with Gasteiger partial charge in [-0.25, -0.2) is 0 Å². The molecule has 4 nitrogen and oxygen atoms in total. The van der Waals surface area contributed by atoms with Gasteiger partial charge in [0.05, 0.1) is 5.69 Å². The van der Waals surface area contributed by atoms with Crippen LogP contribution in [0.15, 0.2) is 168 Å². The summed E-state index contributed by atoms with van der Waals surface area (Å²) in [5.74, 6) is 1.85. The van der Waals surface area contributed by atoms with E-state index in [9.17, 15) is 5.11 Å². The largest absolute Gasteiger partial charge is 0.507 e. The van der Waals surface area contributed by atoms with Crippen molar-refractivity contribution in [3.63, 3.8) is 0 Å². The summed E-state index contributed by atoms with van der Waals surface area (Å²) in [6, 6.07) is 59.1. The van der Waals surface area contributed by atoms with Gasteiger partial charge in [0.15, 0.2) is 0 Å². The van der Waals surface area contributed by atoms with Crippen molar-refractivity contribution in [1.82, 2.24) is 9.97 Å². The first-order valence-corrected chi connectivity index (χ1v) is 18.7. The minimum Gasteiger partial charge on any atom is -0.507 e. The van der Waals surface area contributed by atoms with E-state index in [0.717, 1.165) is 72.8 Å². The SMILES string of the molecule is Cc1cc(-c2oc(-c3ccc4c(c3)sc3ccccc34)c3ccccc23)cc(-c2[c-]c(-c3cc(-c4ccccc4)cc(-c4ccccc4O)n3)ccc2)n1.[Pt]. The number of furan rings is 1. The Hall–Kier alpha value is -6.13. The van der Waals surface area contributed by atoms with Crippen molar-refractivity contribution in [2.45, 2.75) is 6.92 Å². The Morgan fingerprint density at radius 2 is 1.11 bits per heavy atom. The maximum Gasteiger partial charge on any atom is 0.142 e. The fourth-order valence-electron chi connectivity index (χ4n) is 7.39. The number of para-hydroxylation sites is 1. The third-order valence-electron chi connectivity index (χ3n) is 9.94. The Bertz CT molecular complexity index is 3040. The first-order valence-electron chi connectivity index (χ1n) is 17.9. The molecule has 0 radical (unpaired) electrons. The zero-order valence-electron chi connectivity index (χ0n) is 29.6. The maximum absolute atomic E-state index is 10.8. The van der Waals surface area contributed by atoms with E-state index in [4.69, 9.17) is 14.4 Å². The molecule has 0 aliphatic rings. The van der Waals surface area contributed by atoms with Crippen LogP contribution >= 0.6 is 11.3 Å². The minimum absolute atomic E-state index is 0. The molecule has 6 aromatic carbocycles. The number of thiophene rings is 1. The fourth-order valence-corrected chi connectivity index (χ4v) is 8.53. The van der Waals surface area contributed by atoms with Crippen LogP contribution in [0.3, 0.4) is 0 Å². The van der Waals surface area contributed by atoms with Gasteiger partial charge in [-0.3, -0.25) is 9.97 Å². The first-order chi connectivity index (χ1) is 26.6. The summed E-state index contributed by atoms with van der Waals surface area (Å²) >= 11 is 1.81. The van der Waals surface area contributed by atoms with E-state index in [-0.39, 0.29) is 26.8 Å². The van der Waals surface area contributed by atoms with Gasteiger partial charge >= 0.3 is 0 Å². The van der Waals surface area contributed by atoms with Crippen LogP contribution < -0.4 is 0 Å². The molecule has 1 N–H and O–H groups in total. The molecule has 0 spiro atoms. The maximum atomic E-state index is 10.8. The molecule has 0 aliphatic carbocycles. The number of aromatic nitrogens is 2.